The van der Waals surface area contributed by atoms with Crippen LogP contribution in [0.1, 0.15) is 15.7 Å². The molecule has 0 aliphatic carbocycles. The summed E-state index contributed by atoms with van der Waals surface area (Å²) >= 11 is 3.34. The first-order chi connectivity index (χ1) is 7.84. The topological polar surface area (TPSA) is 57.8 Å². The minimum absolute atomic E-state index is 0.0227. The third kappa shape index (κ3) is 1.64. The third-order valence-electron chi connectivity index (χ3n) is 2.40. The summed E-state index contributed by atoms with van der Waals surface area (Å²) in [5, 5.41) is 11.9. The number of anilines is 1. The molecule has 6 heteroatoms. The molecule has 3 rings (SSSR count). The summed E-state index contributed by atoms with van der Waals surface area (Å²) in [6.45, 7) is 0. The van der Waals surface area contributed by atoms with E-state index in [1.165, 1.54) is 4.88 Å². The molecule has 1 aliphatic rings. The highest BCUT2D eigenvalue weighted by molar-refractivity contribution is 8.00. The molecule has 0 fully saturated rings. The number of thioether (sulfide) groups is 1. The van der Waals surface area contributed by atoms with Crippen LogP contribution in [0.3, 0.4) is 0 Å². The molecule has 0 bridgehead atoms. The Bertz CT molecular complexity index is 506. The fourth-order valence-corrected chi connectivity index (χ4v) is 3.78. The van der Waals surface area contributed by atoms with Gasteiger partial charge in [0.1, 0.15) is 5.82 Å². The van der Waals surface area contributed by atoms with Gasteiger partial charge in [-0.15, -0.1) is 23.1 Å². The van der Waals surface area contributed by atoms with Crippen LogP contribution in [0, 0.1) is 0 Å². The van der Waals surface area contributed by atoms with Crippen molar-refractivity contribution < 1.29 is 4.79 Å². The van der Waals surface area contributed by atoms with Crippen LogP contribution in [0.25, 0.3) is 0 Å². The van der Waals surface area contributed by atoms with E-state index in [1.807, 2.05) is 6.07 Å². The maximum absolute atomic E-state index is 11.5. The highest BCUT2D eigenvalue weighted by Crippen LogP contribution is 2.41. The predicted octanol–water partition coefficient (Wildman–Crippen LogP) is 2.25. The molecule has 1 aliphatic heterocycles. The van der Waals surface area contributed by atoms with Crippen LogP contribution >= 0.6 is 23.1 Å². The highest BCUT2D eigenvalue weighted by atomic mass is 32.2. The zero-order chi connectivity index (χ0) is 11.0. The number of hydrogen-bond acceptors (Lipinski definition) is 4. The maximum atomic E-state index is 11.5. The third-order valence-corrected chi connectivity index (χ3v) is 4.75. The molecule has 2 N–H and O–H groups in total. The van der Waals surface area contributed by atoms with Crippen molar-refractivity contribution in [3.8, 4) is 0 Å². The second-order valence-corrected chi connectivity index (χ2v) is 5.53. The summed E-state index contributed by atoms with van der Waals surface area (Å²) < 4.78 is 0. The quantitative estimate of drug-likeness (QED) is 0.817. The van der Waals surface area contributed by atoms with E-state index in [2.05, 4.69) is 27.0 Å². The number of aromatic amines is 1. The smallest absolute Gasteiger partial charge is 0.235 e. The van der Waals surface area contributed by atoms with Gasteiger partial charge in [0.05, 0.1) is 17.2 Å². The van der Waals surface area contributed by atoms with E-state index in [4.69, 9.17) is 0 Å². The van der Waals surface area contributed by atoms with Crippen molar-refractivity contribution in [3.63, 3.8) is 0 Å². The van der Waals surface area contributed by atoms with Gasteiger partial charge in [0.2, 0.25) is 5.91 Å². The summed E-state index contributed by atoms with van der Waals surface area (Å²) in [6, 6.07) is 4.12. The van der Waals surface area contributed by atoms with Gasteiger partial charge in [-0.3, -0.25) is 9.89 Å². The van der Waals surface area contributed by atoms with E-state index in [0.717, 1.165) is 11.4 Å². The number of rotatable bonds is 1. The fourth-order valence-electron chi connectivity index (χ4n) is 1.69. The minimum Gasteiger partial charge on any atom is -0.310 e. The zero-order valence-corrected chi connectivity index (χ0v) is 9.90. The Morgan fingerprint density at radius 2 is 2.44 bits per heavy atom. The Hall–Kier alpha value is -1.27. The van der Waals surface area contributed by atoms with E-state index in [0.29, 0.717) is 5.75 Å². The van der Waals surface area contributed by atoms with Gasteiger partial charge in [0, 0.05) is 10.4 Å². The van der Waals surface area contributed by atoms with Gasteiger partial charge in [0.15, 0.2) is 0 Å². The molecule has 16 heavy (non-hydrogen) atoms. The normalized spacial score (nSPS) is 20.0. The summed E-state index contributed by atoms with van der Waals surface area (Å²) in [5.74, 6) is 1.23. The maximum Gasteiger partial charge on any atom is 0.235 e. The second-order valence-electron chi connectivity index (χ2n) is 3.45. The van der Waals surface area contributed by atoms with Crippen LogP contribution in [0.5, 0.6) is 0 Å². The zero-order valence-electron chi connectivity index (χ0n) is 8.27. The SMILES string of the molecule is O=C1CSC(c2cccs2)c2cn[nH]c2N1. The number of nitrogens with one attached hydrogen (secondary N) is 2. The molecule has 2 aromatic rings. The number of aromatic nitrogens is 2. The van der Waals surface area contributed by atoms with Gasteiger partial charge in [0.25, 0.3) is 0 Å². The second kappa shape index (κ2) is 3.95. The number of H-pyrrole nitrogens is 1. The number of thiophene rings is 1. The minimum atomic E-state index is 0.0227. The molecule has 0 aromatic carbocycles. The molecule has 1 amide bonds. The lowest BCUT2D eigenvalue weighted by Crippen LogP contribution is -2.12. The van der Waals surface area contributed by atoms with Crippen molar-refractivity contribution in [2.45, 2.75) is 5.25 Å². The first-order valence-electron chi connectivity index (χ1n) is 4.83. The van der Waals surface area contributed by atoms with E-state index < -0.39 is 0 Å². The summed E-state index contributed by atoms with van der Waals surface area (Å²) in [4.78, 5) is 12.7. The largest absolute Gasteiger partial charge is 0.310 e. The van der Waals surface area contributed by atoms with Crippen molar-refractivity contribution in [1.29, 1.82) is 0 Å². The monoisotopic (exact) mass is 251 g/mol. The number of carbonyl (C=O) groups is 1. The molecule has 1 atom stereocenters. The number of amides is 1. The van der Waals surface area contributed by atoms with E-state index >= 15 is 0 Å². The summed E-state index contributed by atoms with van der Waals surface area (Å²) in [5.41, 5.74) is 1.05. The molecular weight excluding hydrogens is 242 g/mol. The van der Waals surface area contributed by atoms with Crippen molar-refractivity contribution in [2.24, 2.45) is 0 Å². The summed E-state index contributed by atoms with van der Waals surface area (Å²) in [7, 11) is 0. The van der Waals surface area contributed by atoms with Crippen molar-refractivity contribution in [3.05, 3.63) is 34.2 Å². The average molecular weight is 251 g/mol. The Labute approximate surface area is 100 Å². The van der Waals surface area contributed by atoms with Crippen molar-refractivity contribution >= 4 is 34.8 Å². The van der Waals surface area contributed by atoms with Crippen LogP contribution in [-0.2, 0) is 4.79 Å². The predicted molar refractivity (Wildman–Crippen MR) is 65.8 cm³/mol. The first kappa shape index (κ1) is 9.92. The molecule has 82 valence electrons. The molecule has 4 nitrogen and oxygen atoms in total. The van der Waals surface area contributed by atoms with E-state index in [1.54, 1.807) is 29.3 Å². The van der Waals surface area contributed by atoms with Crippen molar-refractivity contribution in [1.82, 2.24) is 10.2 Å². The number of nitrogens with zero attached hydrogens (tertiary/aromatic N) is 1. The van der Waals surface area contributed by atoms with Crippen molar-refractivity contribution in [2.75, 3.05) is 11.1 Å². The standard InChI is InChI=1S/C10H9N3OS2/c14-8-5-16-9(7-2-1-3-15-7)6-4-11-13-10(6)12-8/h1-4,9H,5H2,(H2,11,12,13,14). The van der Waals surface area contributed by atoms with Gasteiger partial charge < -0.3 is 5.32 Å². The molecule has 0 spiro atoms. The lowest BCUT2D eigenvalue weighted by atomic mass is 10.2. The Morgan fingerprint density at radius 1 is 1.50 bits per heavy atom. The van der Waals surface area contributed by atoms with Crippen LogP contribution in [0.4, 0.5) is 5.82 Å². The van der Waals surface area contributed by atoms with Crippen LogP contribution in [-0.4, -0.2) is 21.9 Å². The molecule has 2 aromatic heterocycles. The molecular formula is C10H9N3OS2. The number of fused-ring (bicyclic) bond motifs is 1. The van der Waals surface area contributed by atoms with Crippen LogP contribution < -0.4 is 5.32 Å². The van der Waals surface area contributed by atoms with Gasteiger partial charge in [-0.2, -0.15) is 5.10 Å². The highest BCUT2D eigenvalue weighted by Gasteiger charge is 2.25. The Kier molecular flexibility index (Phi) is 2.45. The summed E-state index contributed by atoms with van der Waals surface area (Å²) in [6.07, 6.45) is 1.79. The molecule has 0 saturated carbocycles. The van der Waals surface area contributed by atoms with Gasteiger partial charge in [-0.1, -0.05) is 6.07 Å². The van der Waals surface area contributed by atoms with E-state index in [-0.39, 0.29) is 11.2 Å². The Morgan fingerprint density at radius 3 is 3.25 bits per heavy atom. The number of carbonyl (C=O) groups excluding carboxylic acids is 1. The lowest BCUT2D eigenvalue weighted by Gasteiger charge is -2.10. The average Bonchev–Trinajstić information content (AvgIpc) is 2.89. The van der Waals surface area contributed by atoms with Gasteiger partial charge in [-0.05, 0) is 11.4 Å². The first-order valence-corrected chi connectivity index (χ1v) is 6.75. The van der Waals surface area contributed by atoms with Gasteiger partial charge in [-0.25, -0.2) is 0 Å². The Balaban J connectivity index is 2.05. The number of hydrogen-bond donors (Lipinski definition) is 2. The molecule has 3 heterocycles. The van der Waals surface area contributed by atoms with E-state index in [9.17, 15) is 4.79 Å². The van der Waals surface area contributed by atoms with Gasteiger partial charge >= 0.3 is 0 Å². The molecule has 1 unspecified atom stereocenters. The molecule has 0 saturated heterocycles. The fraction of sp³-hybridized carbons (Fsp3) is 0.200. The van der Waals surface area contributed by atoms with Crippen LogP contribution in [0.15, 0.2) is 23.7 Å². The molecule has 0 radical (unpaired) electrons. The van der Waals surface area contributed by atoms with Crippen LogP contribution in [0.2, 0.25) is 0 Å². The lowest BCUT2D eigenvalue weighted by molar-refractivity contribution is -0.113.